The lowest BCUT2D eigenvalue weighted by Gasteiger charge is -1.87. The summed E-state index contributed by atoms with van der Waals surface area (Å²) < 4.78 is 7.97. The van der Waals surface area contributed by atoms with Crippen molar-refractivity contribution in [2.75, 3.05) is 7.11 Å². The third kappa shape index (κ3) is 4.66. The molecule has 0 aromatic rings. The minimum absolute atomic E-state index is 0.681. The van der Waals surface area contributed by atoms with Crippen molar-refractivity contribution in [3.63, 3.8) is 0 Å². The van der Waals surface area contributed by atoms with E-state index in [-0.39, 0.29) is 0 Å². The number of esters is 2. The lowest BCUT2D eigenvalue weighted by Crippen LogP contribution is -1.98. The Morgan fingerprint density at radius 3 is 2.36 bits per heavy atom. The molecule has 5 nitrogen and oxygen atoms in total. The van der Waals surface area contributed by atoms with Crippen LogP contribution in [0.2, 0.25) is 0 Å². The van der Waals surface area contributed by atoms with E-state index in [0.29, 0.717) is 0 Å². The second kappa shape index (κ2) is 4.99. The predicted molar refractivity (Wildman–Crippen MR) is 32.9 cm³/mol. The summed E-state index contributed by atoms with van der Waals surface area (Å²) in [7, 11) is 1.17. The third-order valence-corrected chi connectivity index (χ3v) is 0.703. The molecule has 0 aliphatic carbocycles. The van der Waals surface area contributed by atoms with Crippen LogP contribution in [0.25, 0.3) is 0 Å². The normalized spacial score (nSPS) is 8.73. The zero-order valence-electron chi connectivity index (χ0n) is 5.73. The first kappa shape index (κ1) is 9.17. The number of methoxy groups -OCH3 is 1. The SMILES string of the molecule is COC(=O)/C=C/C(=O)OC#N. The molecule has 0 saturated heterocycles. The predicted octanol–water partition coefficient (Wildman–Crippen LogP) is -0.260. The molecule has 0 aromatic heterocycles. The standard InChI is InChI=1S/C6H5NO4/c1-10-5(8)2-3-6(9)11-4-7/h2-3H,1H3/b3-2+. The molecule has 0 spiro atoms. The molecule has 0 aliphatic heterocycles. The van der Waals surface area contributed by atoms with Crippen molar-refractivity contribution in [2.45, 2.75) is 0 Å². The highest BCUT2D eigenvalue weighted by Gasteiger charge is 1.96. The van der Waals surface area contributed by atoms with Crippen LogP contribution in [-0.4, -0.2) is 19.0 Å². The van der Waals surface area contributed by atoms with Gasteiger partial charge in [0.15, 0.2) is 0 Å². The highest BCUT2D eigenvalue weighted by molar-refractivity contribution is 5.91. The summed E-state index contributed by atoms with van der Waals surface area (Å²) in [6, 6.07) is 0. The van der Waals surface area contributed by atoms with Crippen LogP contribution in [0.3, 0.4) is 0 Å². The van der Waals surface area contributed by atoms with Crippen molar-refractivity contribution in [1.29, 1.82) is 5.26 Å². The van der Waals surface area contributed by atoms with Crippen LogP contribution in [0.15, 0.2) is 12.2 Å². The molecular weight excluding hydrogens is 150 g/mol. The molecule has 0 fully saturated rings. The van der Waals surface area contributed by atoms with Gasteiger partial charge < -0.3 is 9.47 Å². The van der Waals surface area contributed by atoms with Crippen molar-refractivity contribution < 1.29 is 19.1 Å². The summed E-state index contributed by atoms with van der Waals surface area (Å²) in [4.78, 5) is 20.6. The van der Waals surface area contributed by atoms with Crippen LogP contribution in [0.5, 0.6) is 0 Å². The Hall–Kier alpha value is -1.83. The smallest absolute Gasteiger partial charge is 0.346 e. The van der Waals surface area contributed by atoms with Crippen LogP contribution < -0.4 is 0 Å². The van der Waals surface area contributed by atoms with Crippen LogP contribution in [0.4, 0.5) is 0 Å². The van der Waals surface area contributed by atoms with Gasteiger partial charge in [-0.05, 0) is 0 Å². The Labute approximate surface area is 62.8 Å². The van der Waals surface area contributed by atoms with E-state index >= 15 is 0 Å². The summed E-state index contributed by atoms with van der Waals surface area (Å²) in [6.45, 7) is 0. The van der Waals surface area contributed by atoms with Crippen molar-refractivity contribution in [3.8, 4) is 6.26 Å². The summed E-state index contributed by atoms with van der Waals surface area (Å²) in [5, 5.41) is 7.82. The van der Waals surface area contributed by atoms with Gasteiger partial charge in [0.1, 0.15) is 0 Å². The van der Waals surface area contributed by atoms with Gasteiger partial charge in [-0.2, -0.15) is 0 Å². The first-order valence-electron chi connectivity index (χ1n) is 2.56. The molecule has 0 aliphatic rings. The molecule has 0 radical (unpaired) electrons. The molecular formula is C6H5NO4. The summed E-state index contributed by atoms with van der Waals surface area (Å²) in [5.41, 5.74) is 0. The maximum atomic E-state index is 10.3. The molecule has 0 rings (SSSR count). The highest BCUT2D eigenvalue weighted by Crippen LogP contribution is 1.81. The third-order valence-electron chi connectivity index (χ3n) is 0.703. The molecule has 11 heavy (non-hydrogen) atoms. The van der Waals surface area contributed by atoms with E-state index in [1.54, 1.807) is 0 Å². The van der Waals surface area contributed by atoms with Gasteiger partial charge in [-0.15, -0.1) is 5.26 Å². The van der Waals surface area contributed by atoms with Gasteiger partial charge in [-0.3, -0.25) is 0 Å². The first-order valence-corrected chi connectivity index (χ1v) is 2.56. The monoisotopic (exact) mass is 155 g/mol. The highest BCUT2D eigenvalue weighted by atomic mass is 16.5. The van der Waals surface area contributed by atoms with Crippen molar-refractivity contribution >= 4 is 11.9 Å². The largest absolute Gasteiger partial charge is 0.466 e. The van der Waals surface area contributed by atoms with Crippen molar-refractivity contribution in [2.24, 2.45) is 0 Å². The van der Waals surface area contributed by atoms with Gasteiger partial charge >= 0.3 is 11.9 Å². The maximum absolute atomic E-state index is 10.3. The van der Waals surface area contributed by atoms with E-state index in [4.69, 9.17) is 5.26 Å². The molecule has 0 aromatic carbocycles. The summed E-state index contributed by atoms with van der Waals surface area (Å²) in [5.74, 6) is -1.59. The molecule has 0 N–H and O–H groups in total. The topological polar surface area (TPSA) is 76.4 Å². The fraction of sp³-hybridized carbons (Fsp3) is 0.167. The summed E-state index contributed by atoms with van der Waals surface area (Å²) >= 11 is 0. The Morgan fingerprint density at radius 1 is 1.36 bits per heavy atom. The van der Waals surface area contributed by atoms with Gasteiger partial charge in [0, 0.05) is 12.2 Å². The Bertz CT molecular complexity index is 225. The van der Waals surface area contributed by atoms with Gasteiger partial charge in [-0.1, -0.05) is 0 Å². The molecule has 0 atom stereocenters. The Morgan fingerprint density at radius 2 is 1.91 bits per heavy atom. The van der Waals surface area contributed by atoms with Gasteiger partial charge in [0.05, 0.1) is 7.11 Å². The second-order valence-corrected chi connectivity index (χ2v) is 1.37. The maximum Gasteiger partial charge on any atom is 0.346 e. The zero-order valence-corrected chi connectivity index (χ0v) is 5.73. The number of hydrogen-bond donors (Lipinski definition) is 0. The Kier molecular flexibility index (Phi) is 4.16. The minimum atomic E-state index is -0.905. The van der Waals surface area contributed by atoms with E-state index in [1.807, 2.05) is 0 Å². The van der Waals surface area contributed by atoms with E-state index in [0.717, 1.165) is 18.4 Å². The molecule has 0 heterocycles. The number of rotatable bonds is 2. The summed E-state index contributed by atoms with van der Waals surface area (Å²) in [6.07, 6.45) is 2.82. The van der Waals surface area contributed by atoms with Crippen LogP contribution in [-0.2, 0) is 19.1 Å². The average Bonchev–Trinajstić information content (AvgIpc) is 2.01. The van der Waals surface area contributed by atoms with E-state index in [1.165, 1.54) is 7.11 Å². The molecule has 0 amide bonds. The minimum Gasteiger partial charge on any atom is -0.466 e. The zero-order chi connectivity index (χ0) is 8.69. The average molecular weight is 155 g/mol. The van der Waals surface area contributed by atoms with E-state index < -0.39 is 11.9 Å². The van der Waals surface area contributed by atoms with Crippen LogP contribution in [0.1, 0.15) is 0 Å². The molecule has 58 valence electrons. The lowest BCUT2D eigenvalue weighted by atomic mass is 10.5. The first-order chi connectivity index (χ1) is 5.20. The lowest BCUT2D eigenvalue weighted by molar-refractivity contribution is -0.136. The van der Waals surface area contributed by atoms with Crippen molar-refractivity contribution in [1.82, 2.24) is 0 Å². The fourth-order valence-electron chi connectivity index (χ4n) is 0.283. The number of ether oxygens (including phenoxy) is 2. The number of nitriles is 1. The van der Waals surface area contributed by atoms with Gasteiger partial charge in [0.25, 0.3) is 6.26 Å². The fourth-order valence-corrected chi connectivity index (χ4v) is 0.283. The van der Waals surface area contributed by atoms with E-state index in [9.17, 15) is 9.59 Å². The van der Waals surface area contributed by atoms with E-state index in [2.05, 4.69) is 9.47 Å². The van der Waals surface area contributed by atoms with Crippen LogP contribution >= 0.6 is 0 Å². The van der Waals surface area contributed by atoms with Gasteiger partial charge in [-0.25, -0.2) is 9.59 Å². The number of nitrogens with zero attached hydrogens (tertiary/aromatic N) is 1. The Balaban J connectivity index is 3.85. The number of carbonyl (C=O) groups excluding carboxylic acids is 2. The molecule has 5 heteroatoms. The quantitative estimate of drug-likeness (QED) is 0.312. The second-order valence-electron chi connectivity index (χ2n) is 1.37. The van der Waals surface area contributed by atoms with Gasteiger partial charge in [0.2, 0.25) is 0 Å². The van der Waals surface area contributed by atoms with Crippen molar-refractivity contribution in [3.05, 3.63) is 12.2 Å². The molecule has 0 bridgehead atoms. The molecule has 0 unspecified atom stereocenters. The number of carbonyl (C=O) groups is 2. The van der Waals surface area contributed by atoms with Crippen LogP contribution in [0, 0.1) is 11.5 Å². The number of hydrogen-bond acceptors (Lipinski definition) is 5. The molecule has 0 saturated carbocycles.